The van der Waals surface area contributed by atoms with Crippen LogP contribution in [-0.2, 0) is 0 Å². The Bertz CT molecular complexity index is 529. The molecule has 1 aromatic carbocycles. The van der Waals surface area contributed by atoms with Gasteiger partial charge in [0.25, 0.3) is 5.91 Å². The molecule has 1 aromatic heterocycles. The van der Waals surface area contributed by atoms with E-state index in [-0.39, 0.29) is 10.7 Å². The summed E-state index contributed by atoms with van der Waals surface area (Å²) >= 11 is 10.8. The van der Waals surface area contributed by atoms with Gasteiger partial charge in [-0.1, -0.05) is 57.9 Å². The molecule has 5 heteroatoms. The summed E-state index contributed by atoms with van der Waals surface area (Å²) in [4.78, 5) is 12.5. The molecule has 2 nitrogen and oxygen atoms in total. The second-order valence-electron chi connectivity index (χ2n) is 3.69. The number of thiophene rings is 1. The quantitative estimate of drug-likeness (QED) is 0.825. The first kappa shape index (κ1) is 13.6. The number of hydrogen-bond acceptors (Lipinski definition) is 2. The molecule has 0 spiro atoms. The highest BCUT2D eigenvalue weighted by atomic mass is 79.9. The smallest absolute Gasteiger partial charge is 0.262 e. The predicted molar refractivity (Wildman–Crippen MR) is 79.8 cm³/mol. The van der Waals surface area contributed by atoms with E-state index in [4.69, 9.17) is 11.6 Å². The van der Waals surface area contributed by atoms with E-state index in [2.05, 4.69) is 21.2 Å². The lowest BCUT2D eigenvalue weighted by molar-refractivity contribution is 0.0958. The summed E-state index contributed by atoms with van der Waals surface area (Å²) in [5.41, 5.74) is 1.13. The van der Waals surface area contributed by atoms with Crippen LogP contribution in [0.15, 0.2) is 41.8 Å². The zero-order chi connectivity index (χ0) is 13.0. The maximum atomic E-state index is 11.9. The first-order valence-corrected chi connectivity index (χ1v) is 7.56. The Kier molecular flexibility index (Phi) is 4.80. The van der Waals surface area contributed by atoms with Crippen molar-refractivity contribution in [2.24, 2.45) is 0 Å². The molecule has 94 valence electrons. The summed E-state index contributed by atoms with van der Waals surface area (Å²) in [6.45, 7) is 0.525. The third-order valence-corrected chi connectivity index (χ3v) is 4.62. The normalized spacial score (nSPS) is 12.1. The van der Waals surface area contributed by atoms with Crippen LogP contribution < -0.4 is 5.32 Å². The zero-order valence-corrected chi connectivity index (χ0v) is 12.6. The fourth-order valence-corrected chi connectivity index (χ4v) is 3.02. The first-order chi connectivity index (χ1) is 8.68. The van der Waals surface area contributed by atoms with Crippen LogP contribution in [0.4, 0.5) is 0 Å². The summed E-state index contributed by atoms with van der Waals surface area (Å²) in [5.74, 6) is -0.129. The van der Waals surface area contributed by atoms with Gasteiger partial charge in [-0.25, -0.2) is 0 Å². The molecule has 0 aliphatic heterocycles. The van der Waals surface area contributed by atoms with Gasteiger partial charge < -0.3 is 5.32 Å². The van der Waals surface area contributed by atoms with Gasteiger partial charge in [0.05, 0.1) is 9.85 Å². The number of nitrogens with one attached hydrogen (secondary N) is 1. The van der Waals surface area contributed by atoms with E-state index in [1.165, 1.54) is 11.3 Å². The van der Waals surface area contributed by atoms with Gasteiger partial charge in [0.1, 0.15) is 4.88 Å². The minimum absolute atomic E-state index is 0.0985. The number of benzene rings is 1. The molecule has 0 aliphatic rings. The average molecular weight is 345 g/mol. The Morgan fingerprint density at radius 1 is 1.33 bits per heavy atom. The Balaban J connectivity index is 1.93. The molecule has 1 amide bonds. The van der Waals surface area contributed by atoms with E-state index in [1.54, 1.807) is 11.4 Å². The van der Waals surface area contributed by atoms with Gasteiger partial charge in [-0.05, 0) is 17.0 Å². The second kappa shape index (κ2) is 6.36. The minimum Gasteiger partial charge on any atom is -0.350 e. The fraction of sp³-hybridized carbons (Fsp3) is 0.154. The second-order valence-corrected chi connectivity index (χ2v) is 6.11. The van der Waals surface area contributed by atoms with Crippen molar-refractivity contribution >= 4 is 44.8 Å². The highest BCUT2D eigenvalue weighted by Gasteiger charge is 2.13. The maximum Gasteiger partial charge on any atom is 0.262 e. The van der Waals surface area contributed by atoms with Crippen molar-refractivity contribution in [2.75, 3.05) is 6.54 Å². The van der Waals surface area contributed by atoms with Crippen molar-refractivity contribution in [3.8, 4) is 0 Å². The largest absolute Gasteiger partial charge is 0.350 e. The van der Waals surface area contributed by atoms with Crippen molar-refractivity contribution in [2.45, 2.75) is 4.83 Å². The number of rotatable bonds is 4. The molecule has 0 fully saturated rings. The van der Waals surface area contributed by atoms with E-state index >= 15 is 0 Å². The molecule has 1 unspecified atom stereocenters. The Labute approximate surface area is 123 Å². The minimum atomic E-state index is -0.129. The summed E-state index contributed by atoms with van der Waals surface area (Å²) in [5, 5.41) is 5.17. The zero-order valence-electron chi connectivity index (χ0n) is 9.40. The number of halogens is 2. The van der Waals surface area contributed by atoms with Crippen LogP contribution in [0, 0.1) is 0 Å². The highest BCUT2D eigenvalue weighted by Crippen LogP contribution is 2.23. The van der Waals surface area contributed by atoms with Crippen molar-refractivity contribution < 1.29 is 4.79 Å². The molecule has 2 rings (SSSR count). The molecule has 18 heavy (non-hydrogen) atoms. The lowest BCUT2D eigenvalue weighted by Crippen LogP contribution is -2.26. The standard InChI is InChI=1S/C13H11BrClNOS/c14-10(9-4-2-1-3-5-9)8-16-13(17)12-11(15)6-7-18-12/h1-7,10H,8H2,(H,16,17). The number of alkyl halides is 1. The van der Waals surface area contributed by atoms with Crippen molar-refractivity contribution in [1.82, 2.24) is 5.32 Å². The SMILES string of the molecule is O=C(NCC(Br)c1ccccc1)c1sccc1Cl. The lowest BCUT2D eigenvalue weighted by Gasteiger charge is -2.11. The number of carbonyl (C=O) groups is 1. The Hall–Kier alpha value is -0.840. The van der Waals surface area contributed by atoms with Gasteiger partial charge in [-0.15, -0.1) is 11.3 Å². The summed E-state index contributed by atoms with van der Waals surface area (Å²) in [6, 6.07) is 11.7. The molecule has 0 aliphatic carbocycles. The molecule has 1 N–H and O–H groups in total. The summed E-state index contributed by atoms with van der Waals surface area (Å²) in [7, 11) is 0. The van der Waals surface area contributed by atoms with Crippen molar-refractivity contribution in [3.63, 3.8) is 0 Å². The van der Waals surface area contributed by atoms with Crippen LogP contribution in [0.2, 0.25) is 5.02 Å². The molecule has 1 atom stereocenters. The monoisotopic (exact) mass is 343 g/mol. The summed E-state index contributed by atoms with van der Waals surface area (Å²) < 4.78 is 0. The third kappa shape index (κ3) is 3.34. The van der Waals surface area contributed by atoms with Gasteiger partial charge >= 0.3 is 0 Å². The van der Waals surface area contributed by atoms with Crippen molar-refractivity contribution in [1.29, 1.82) is 0 Å². The Morgan fingerprint density at radius 3 is 2.67 bits per heavy atom. The van der Waals surface area contributed by atoms with E-state index in [1.807, 2.05) is 30.3 Å². The van der Waals surface area contributed by atoms with E-state index < -0.39 is 0 Å². The van der Waals surface area contributed by atoms with Crippen LogP contribution in [0.3, 0.4) is 0 Å². The predicted octanol–water partition coefficient (Wildman–Crippen LogP) is 4.27. The first-order valence-electron chi connectivity index (χ1n) is 5.38. The molecule has 0 radical (unpaired) electrons. The number of hydrogen-bond donors (Lipinski definition) is 1. The third-order valence-electron chi connectivity index (χ3n) is 2.43. The molecular formula is C13H11BrClNOS. The van der Waals surface area contributed by atoms with Crippen molar-refractivity contribution in [3.05, 3.63) is 57.2 Å². The molecule has 0 saturated heterocycles. The van der Waals surface area contributed by atoms with Crippen LogP contribution in [-0.4, -0.2) is 12.5 Å². The highest BCUT2D eigenvalue weighted by molar-refractivity contribution is 9.09. The van der Waals surface area contributed by atoms with E-state index in [0.717, 1.165) is 5.56 Å². The van der Waals surface area contributed by atoms with Crippen LogP contribution in [0.25, 0.3) is 0 Å². The number of carbonyl (C=O) groups excluding carboxylic acids is 1. The number of amides is 1. The fourth-order valence-electron chi connectivity index (χ4n) is 1.50. The lowest BCUT2D eigenvalue weighted by atomic mass is 10.1. The van der Waals surface area contributed by atoms with Gasteiger partial charge in [-0.2, -0.15) is 0 Å². The molecule has 2 aromatic rings. The van der Waals surface area contributed by atoms with Crippen LogP contribution in [0.1, 0.15) is 20.1 Å². The molecule has 0 saturated carbocycles. The van der Waals surface area contributed by atoms with E-state index in [9.17, 15) is 4.79 Å². The molecular weight excluding hydrogens is 334 g/mol. The Morgan fingerprint density at radius 2 is 2.06 bits per heavy atom. The molecule has 1 heterocycles. The molecule has 0 bridgehead atoms. The van der Waals surface area contributed by atoms with Gasteiger partial charge in [0.2, 0.25) is 0 Å². The van der Waals surface area contributed by atoms with E-state index in [0.29, 0.717) is 16.4 Å². The topological polar surface area (TPSA) is 29.1 Å². The van der Waals surface area contributed by atoms with Crippen LogP contribution >= 0.6 is 38.9 Å². The average Bonchev–Trinajstić information content (AvgIpc) is 2.83. The summed E-state index contributed by atoms with van der Waals surface area (Å²) in [6.07, 6.45) is 0. The van der Waals surface area contributed by atoms with Crippen LogP contribution in [0.5, 0.6) is 0 Å². The van der Waals surface area contributed by atoms with Gasteiger partial charge in [-0.3, -0.25) is 4.79 Å². The van der Waals surface area contributed by atoms with Gasteiger partial charge in [0.15, 0.2) is 0 Å². The van der Waals surface area contributed by atoms with Gasteiger partial charge in [0, 0.05) is 6.54 Å². The maximum absolute atomic E-state index is 11.9.